The molecule has 0 aliphatic heterocycles. The highest BCUT2D eigenvalue weighted by Crippen LogP contribution is 2.20. The molecule has 0 aliphatic carbocycles. The van der Waals surface area contributed by atoms with Crippen LogP contribution in [0.15, 0.2) is 73.2 Å². The molecule has 0 fully saturated rings. The molecule has 34 heavy (non-hydrogen) atoms. The SMILES string of the molecule is O=C(CCCCCNC(=O)c1cnccn1)N[C@@H](Cc1ccccc1)c1nc2ccccc2[nH]1. The van der Waals surface area contributed by atoms with E-state index in [9.17, 15) is 9.59 Å². The molecule has 0 spiro atoms. The Morgan fingerprint density at radius 1 is 0.941 bits per heavy atom. The summed E-state index contributed by atoms with van der Waals surface area (Å²) in [6, 6.07) is 17.7. The van der Waals surface area contributed by atoms with Crippen LogP contribution in [-0.4, -0.2) is 38.3 Å². The molecule has 8 nitrogen and oxygen atoms in total. The van der Waals surface area contributed by atoms with E-state index in [1.807, 2.05) is 42.5 Å². The quantitative estimate of drug-likeness (QED) is 0.298. The Hall–Kier alpha value is -4.07. The van der Waals surface area contributed by atoms with Crippen LogP contribution >= 0.6 is 0 Å². The summed E-state index contributed by atoms with van der Waals surface area (Å²) >= 11 is 0. The van der Waals surface area contributed by atoms with E-state index in [0.717, 1.165) is 41.7 Å². The highest BCUT2D eigenvalue weighted by atomic mass is 16.2. The number of nitrogens with zero attached hydrogens (tertiary/aromatic N) is 3. The number of rotatable bonds is 11. The molecule has 2 aromatic carbocycles. The molecule has 4 aromatic rings. The van der Waals surface area contributed by atoms with Gasteiger partial charge in [0.15, 0.2) is 0 Å². The van der Waals surface area contributed by atoms with Crippen LogP contribution in [0.4, 0.5) is 0 Å². The molecule has 0 aliphatic rings. The maximum absolute atomic E-state index is 12.7. The van der Waals surface area contributed by atoms with Gasteiger partial charge in [0.25, 0.3) is 5.91 Å². The van der Waals surface area contributed by atoms with Gasteiger partial charge >= 0.3 is 0 Å². The number of carbonyl (C=O) groups excluding carboxylic acids is 2. The fourth-order valence-electron chi connectivity index (χ4n) is 3.77. The van der Waals surface area contributed by atoms with Crippen molar-refractivity contribution in [2.45, 2.75) is 38.1 Å². The van der Waals surface area contributed by atoms with Crippen LogP contribution in [0.25, 0.3) is 11.0 Å². The summed E-state index contributed by atoms with van der Waals surface area (Å²) in [5.74, 6) is 0.510. The molecule has 0 unspecified atom stereocenters. The van der Waals surface area contributed by atoms with E-state index in [4.69, 9.17) is 4.98 Å². The van der Waals surface area contributed by atoms with Crippen LogP contribution in [-0.2, 0) is 11.2 Å². The van der Waals surface area contributed by atoms with Crippen molar-refractivity contribution in [1.82, 2.24) is 30.6 Å². The summed E-state index contributed by atoms with van der Waals surface area (Å²) in [6.45, 7) is 0.534. The van der Waals surface area contributed by atoms with Gasteiger partial charge < -0.3 is 15.6 Å². The Labute approximate surface area is 198 Å². The van der Waals surface area contributed by atoms with Gasteiger partial charge in [-0.2, -0.15) is 0 Å². The molecule has 2 heterocycles. The third-order valence-electron chi connectivity index (χ3n) is 5.52. The van der Waals surface area contributed by atoms with Crippen molar-refractivity contribution >= 4 is 22.8 Å². The van der Waals surface area contributed by atoms with Gasteiger partial charge in [-0.05, 0) is 37.0 Å². The van der Waals surface area contributed by atoms with Gasteiger partial charge in [0.2, 0.25) is 5.91 Å². The van der Waals surface area contributed by atoms with E-state index in [1.54, 1.807) is 0 Å². The molecular weight excluding hydrogens is 428 g/mol. The Morgan fingerprint density at radius 2 is 1.76 bits per heavy atom. The van der Waals surface area contributed by atoms with E-state index in [0.29, 0.717) is 25.1 Å². The molecule has 4 rings (SSSR count). The smallest absolute Gasteiger partial charge is 0.271 e. The predicted octanol–water partition coefficient (Wildman–Crippen LogP) is 3.74. The molecule has 174 valence electrons. The number of benzene rings is 2. The van der Waals surface area contributed by atoms with Crippen LogP contribution in [0, 0.1) is 0 Å². The number of aromatic nitrogens is 4. The van der Waals surface area contributed by atoms with Crippen molar-refractivity contribution in [3.8, 4) is 0 Å². The maximum Gasteiger partial charge on any atom is 0.271 e. The second kappa shape index (κ2) is 11.7. The summed E-state index contributed by atoms with van der Waals surface area (Å²) in [5.41, 5.74) is 3.27. The average molecular weight is 457 g/mol. The second-order valence-electron chi connectivity index (χ2n) is 8.11. The number of nitrogens with one attached hydrogen (secondary N) is 3. The number of unbranched alkanes of at least 4 members (excludes halogenated alkanes) is 2. The van der Waals surface area contributed by atoms with E-state index >= 15 is 0 Å². The van der Waals surface area contributed by atoms with Crippen molar-refractivity contribution in [2.24, 2.45) is 0 Å². The maximum atomic E-state index is 12.7. The average Bonchev–Trinajstić information content (AvgIpc) is 3.31. The van der Waals surface area contributed by atoms with Crippen LogP contribution in [0.1, 0.15) is 53.6 Å². The van der Waals surface area contributed by atoms with Gasteiger partial charge in [-0.3, -0.25) is 14.6 Å². The number of imidazole rings is 1. The van der Waals surface area contributed by atoms with E-state index in [2.05, 4.69) is 37.7 Å². The molecule has 0 bridgehead atoms. The summed E-state index contributed by atoms with van der Waals surface area (Å²) in [6.07, 6.45) is 7.89. The molecule has 0 saturated carbocycles. The summed E-state index contributed by atoms with van der Waals surface area (Å²) in [4.78, 5) is 40.6. The third kappa shape index (κ3) is 6.48. The zero-order valence-electron chi connectivity index (χ0n) is 18.9. The first-order valence-electron chi connectivity index (χ1n) is 11.5. The predicted molar refractivity (Wildman–Crippen MR) is 130 cm³/mol. The molecule has 2 amide bonds. The molecule has 3 N–H and O–H groups in total. The summed E-state index contributed by atoms with van der Waals surface area (Å²) < 4.78 is 0. The number of H-pyrrole nitrogens is 1. The number of hydrogen-bond acceptors (Lipinski definition) is 5. The van der Waals surface area contributed by atoms with Gasteiger partial charge in [-0.25, -0.2) is 9.97 Å². The van der Waals surface area contributed by atoms with E-state index < -0.39 is 0 Å². The highest BCUT2D eigenvalue weighted by Gasteiger charge is 2.19. The highest BCUT2D eigenvalue weighted by molar-refractivity contribution is 5.91. The molecule has 0 saturated heterocycles. The monoisotopic (exact) mass is 456 g/mol. The van der Waals surface area contributed by atoms with Crippen LogP contribution < -0.4 is 10.6 Å². The van der Waals surface area contributed by atoms with Crippen molar-refractivity contribution in [3.63, 3.8) is 0 Å². The topological polar surface area (TPSA) is 113 Å². The van der Waals surface area contributed by atoms with Gasteiger partial charge in [-0.1, -0.05) is 48.9 Å². The van der Waals surface area contributed by atoms with E-state index in [-0.39, 0.29) is 17.9 Å². The lowest BCUT2D eigenvalue weighted by atomic mass is 10.0. The van der Waals surface area contributed by atoms with Gasteiger partial charge in [0.05, 0.1) is 23.3 Å². The number of carbonyl (C=O) groups is 2. The van der Waals surface area contributed by atoms with Crippen molar-refractivity contribution < 1.29 is 9.59 Å². The largest absolute Gasteiger partial charge is 0.351 e. The molecular formula is C26H28N6O2. The summed E-state index contributed by atoms with van der Waals surface area (Å²) in [5, 5.41) is 5.98. The number of aromatic amines is 1. The molecule has 0 radical (unpaired) electrons. The summed E-state index contributed by atoms with van der Waals surface area (Å²) in [7, 11) is 0. The van der Waals surface area contributed by atoms with Gasteiger partial charge in [-0.15, -0.1) is 0 Å². The Morgan fingerprint density at radius 3 is 2.56 bits per heavy atom. The Bertz CT molecular complexity index is 1180. The lowest BCUT2D eigenvalue weighted by molar-refractivity contribution is -0.122. The minimum absolute atomic E-state index is 0.00928. The van der Waals surface area contributed by atoms with Gasteiger partial charge in [0.1, 0.15) is 11.5 Å². The van der Waals surface area contributed by atoms with Crippen molar-refractivity contribution in [2.75, 3.05) is 6.54 Å². The second-order valence-corrected chi connectivity index (χ2v) is 8.11. The third-order valence-corrected chi connectivity index (χ3v) is 5.52. The van der Waals surface area contributed by atoms with Crippen molar-refractivity contribution in [1.29, 1.82) is 0 Å². The molecule has 8 heteroatoms. The normalized spacial score (nSPS) is 11.8. The fourth-order valence-corrected chi connectivity index (χ4v) is 3.77. The fraction of sp³-hybridized carbons (Fsp3) is 0.269. The van der Waals surface area contributed by atoms with Crippen LogP contribution in [0.3, 0.4) is 0 Å². The first-order chi connectivity index (χ1) is 16.7. The number of fused-ring (bicyclic) bond motifs is 1. The number of amides is 2. The Kier molecular flexibility index (Phi) is 7.95. The van der Waals surface area contributed by atoms with Crippen LogP contribution in [0.2, 0.25) is 0 Å². The standard InChI is InChI=1S/C26H28N6O2/c33-24(13-5-2-8-14-29-26(34)23-18-27-15-16-28-23)30-22(17-19-9-3-1-4-10-19)25-31-20-11-6-7-12-21(20)32-25/h1,3-4,6-7,9-12,15-16,18,22H,2,5,8,13-14,17H2,(H,29,34)(H,30,33)(H,31,32)/t22-/m0/s1. The Balaban J connectivity index is 1.26. The van der Waals surface area contributed by atoms with E-state index in [1.165, 1.54) is 18.6 Å². The van der Waals surface area contributed by atoms with Crippen molar-refractivity contribution in [3.05, 3.63) is 90.3 Å². The lowest BCUT2D eigenvalue weighted by Gasteiger charge is -2.17. The minimum Gasteiger partial charge on any atom is -0.351 e. The molecule has 2 aromatic heterocycles. The number of hydrogen-bond donors (Lipinski definition) is 3. The van der Waals surface area contributed by atoms with Gasteiger partial charge in [0, 0.05) is 25.4 Å². The van der Waals surface area contributed by atoms with Crippen LogP contribution in [0.5, 0.6) is 0 Å². The first kappa shape index (κ1) is 23.1. The zero-order chi connectivity index (χ0) is 23.6. The zero-order valence-corrected chi connectivity index (χ0v) is 18.9. The minimum atomic E-state index is -0.242. The lowest BCUT2D eigenvalue weighted by Crippen LogP contribution is -2.30. The molecule has 1 atom stereocenters. The number of para-hydroxylation sites is 2. The first-order valence-corrected chi connectivity index (χ1v) is 11.5.